The number of carbonyl (C=O) groups is 2. The van der Waals surface area contributed by atoms with Gasteiger partial charge in [0.2, 0.25) is 5.91 Å². The van der Waals surface area contributed by atoms with Crippen LogP contribution in [0.2, 0.25) is 0 Å². The molecule has 3 heterocycles. The summed E-state index contributed by atoms with van der Waals surface area (Å²) >= 11 is 0. The highest BCUT2D eigenvalue weighted by molar-refractivity contribution is 5.79. The number of H-pyrrole nitrogens is 1. The number of aromatic nitrogens is 2. The average Bonchev–Trinajstić information content (AvgIpc) is 3.14. The summed E-state index contributed by atoms with van der Waals surface area (Å²) in [6.45, 7) is 2.43. The molecule has 3 aliphatic rings. The Morgan fingerprint density at radius 3 is 2.49 bits per heavy atom. The van der Waals surface area contributed by atoms with Gasteiger partial charge in [0.25, 0.3) is 0 Å². The molecule has 0 spiro atoms. The van der Waals surface area contributed by atoms with Crippen molar-refractivity contribution in [1.82, 2.24) is 15.1 Å². The predicted molar refractivity (Wildman–Crippen MR) is 122 cm³/mol. The maximum Gasteiger partial charge on any atom is 0.490 e. The number of nitrogens with one attached hydrogen (secondary N) is 1. The Morgan fingerprint density at radius 2 is 1.77 bits per heavy atom. The first-order valence-corrected chi connectivity index (χ1v) is 12.1. The van der Waals surface area contributed by atoms with Gasteiger partial charge in [-0.2, -0.15) is 18.3 Å². The van der Waals surface area contributed by atoms with Gasteiger partial charge in [-0.25, -0.2) is 4.79 Å². The summed E-state index contributed by atoms with van der Waals surface area (Å²) in [5.41, 5.74) is 5.98. The standard InChI is InChI=1S/C23H29N3O2.C2HF3O2/c27-23(16-5-2-1-3-6-16)26-12-10-19-20(11-13-26)24-25-22(19)18-8-9-21-17(15-18)7-4-14-28-21;3-2(4,5)1(6)7/h8-9,15-16H,1-7,10-14H2,(H,24,25);(H,6,7). The number of ether oxygens (including phenoxy) is 1. The summed E-state index contributed by atoms with van der Waals surface area (Å²) in [5.74, 6) is -1.11. The van der Waals surface area contributed by atoms with Crippen molar-refractivity contribution in [1.29, 1.82) is 0 Å². The molecule has 0 bridgehead atoms. The van der Waals surface area contributed by atoms with Crippen molar-refractivity contribution in [3.63, 3.8) is 0 Å². The Hall–Kier alpha value is -3.04. The van der Waals surface area contributed by atoms with E-state index in [2.05, 4.69) is 33.3 Å². The van der Waals surface area contributed by atoms with E-state index in [4.69, 9.17) is 14.6 Å². The van der Waals surface area contributed by atoms with Gasteiger partial charge in [-0.1, -0.05) is 19.3 Å². The topological polar surface area (TPSA) is 95.5 Å². The summed E-state index contributed by atoms with van der Waals surface area (Å²) in [5, 5.41) is 15.0. The minimum absolute atomic E-state index is 0.253. The number of aromatic amines is 1. The van der Waals surface area contributed by atoms with E-state index in [0.717, 1.165) is 75.2 Å². The van der Waals surface area contributed by atoms with Crippen LogP contribution in [-0.2, 0) is 28.9 Å². The predicted octanol–water partition coefficient (Wildman–Crippen LogP) is 4.54. The summed E-state index contributed by atoms with van der Waals surface area (Å²) in [4.78, 5) is 24.0. The lowest BCUT2D eigenvalue weighted by Crippen LogP contribution is -2.38. The first-order valence-electron chi connectivity index (χ1n) is 12.1. The summed E-state index contributed by atoms with van der Waals surface area (Å²) in [6.07, 6.45) is 4.66. The smallest absolute Gasteiger partial charge is 0.490 e. The summed E-state index contributed by atoms with van der Waals surface area (Å²) in [7, 11) is 0. The second kappa shape index (κ2) is 10.7. The van der Waals surface area contributed by atoms with Crippen LogP contribution in [0.5, 0.6) is 5.75 Å². The van der Waals surface area contributed by atoms with Crippen LogP contribution in [0, 0.1) is 5.92 Å². The normalized spacial score (nSPS) is 18.3. The molecule has 5 rings (SSSR count). The molecule has 1 aromatic heterocycles. The van der Waals surface area contributed by atoms with E-state index in [9.17, 15) is 18.0 Å². The number of hydrogen-bond donors (Lipinski definition) is 2. The first kappa shape index (κ1) is 25.1. The highest BCUT2D eigenvalue weighted by Gasteiger charge is 2.38. The Morgan fingerprint density at radius 1 is 1.06 bits per heavy atom. The van der Waals surface area contributed by atoms with Crippen molar-refractivity contribution in [2.45, 2.75) is 64.0 Å². The van der Waals surface area contributed by atoms with Crippen LogP contribution in [0.15, 0.2) is 18.2 Å². The van der Waals surface area contributed by atoms with Crippen LogP contribution in [0.4, 0.5) is 13.2 Å². The molecular weight excluding hydrogens is 463 g/mol. The van der Waals surface area contributed by atoms with E-state index < -0.39 is 12.1 Å². The van der Waals surface area contributed by atoms with Gasteiger partial charge in [-0.05, 0) is 55.9 Å². The lowest BCUT2D eigenvalue weighted by molar-refractivity contribution is -0.192. The van der Waals surface area contributed by atoms with Crippen molar-refractivity contribution in [2.24, 2.45) is 5.92 Å². The van der Waals surface area contributed by atoms with Crippen molar-refractivity contribution in [3.8, 4) is 17.0 Å². The van der Waals surface area contributed by atoms with Gasteiger partial charge < -0.3 is 14.7 Å². The Bertz CT molecular complexity index is 1060. The Balaban J connectivity index is 0.000000364. The van der Waals surface area contributed by atoms with Gasteiger partial charge in [0.15, 0.2) is 0 Å². The number of nitrogens with zero attached hydrogens (tertiary/aromatic N) is 2. The average molecular weight is 494 g/mol. The van der Waals surface area contributed by atoms with Crippen LogP contribution in [0.1, 0.15) is 55.3 Å². The molecule has 1 fully saturated rings. The Labute approximate surface area is 201 Å². The number of aryl methyl sites for hydroxylation is 1. The van der Waals surface area contributed by atoms with Crippen molar-refractivity contribution in [2.75, 3.05) is 19.7 Å². The van der Waals surface area contributed by atoms with Gasteiger partial charge in [0.05, 0.1) is 12.3 Å². The number of fused-ring (bicyclic) bond motifs is 2. The number of carbonyl (C=O) groups excluding carboxylic acids is 1. The van der Waals surface area contributed by atoms with Crippen molar-refractivity contribution in [3.05, 3.63) is 35.0 Å². The molecule has 190 valence electrons. The number of amides is 1. The zero-order valence-corrected chi connectivity index (χ0v) is 19.5. The zero-order chi connectivity index (χ0) is 25.0. The number of carboxylic acids is 1. The SMILES string of the molecule is O=C(C1CCCCC1)N1CCc2[nH]nc(-c3ccc4c(c3)CCCO4)c2CC1.O=C(O)C(F)(F)F. The molecule has 1 aromatic carbocycles. The third-order valence-corrected chi connectivity index (χ3v) is 6.91. The molecule has 2 N–H and O–H groups in total. The number of carboxylic acid groups (broad SMARTS) is 1. The quantitative estimate of drug-likeness (QED) is 0.640. The molecule has 2 aliphatic heterocycles. The number of aliphatic carboxylic acids is 1. The van der Waals surface area contributed by atoms with Crippen LogP contribution < -0.4 is 4.74 Å². The van der Waals surface area contributed by atoms with Crippen LogP contribution in [0.25, 0.3) is 11.3 Å². The molecule has 2 aromatic rings. The molecule has 7 nitrogen and oxygen atoms in total. The van der Waals surface area contributed by atoms with Gasteiger partial charge >= 0.3 is 12.1 Å². The fourth-order valence-corrected chi connectivity index (χ4v) is 5.06. The molecule has 0 unspecified atom stereocenters. The van der Waals surface area contributed by atoms with Crippen molar-refractivity contribution < 1.29 is 32.6 Å². The highest BCUT2D eigenvalue weighted by atomic mass is 19.4. The third-order valence-electron chi connectivity index (χ3n) is 6.91. The monoisotopic (exact) mass is 493 g/mol. The number of rotatable bonds is 2. The highest BCUT2D eigenvalue weighted by Crippen LogP contribution is 2.33. The van der Waals surface area contributed by atoms with Gasteiger partial charge in [-0.3, -0.25) is 9.89 Å². The number of alkyl halides is 3. The maximum atomic E-state index is 13.0. The number of halogens is 3. The fraction of sp³-hybridized carbons (Fsp3) is 0.560. The zero-order valence-electron chi connectivity index (χ0n) is 19.5. The molecule has 10 heteroatoms. The summed E-state index contributed by atoms with van der Waals surface area (Å²) in [6, 6.07) is 6.44. The maximum absolute atomic E-state index is 13.0. The van der Waals surface area contributed by atoms with E-state index in [1.807, 2.05) is 0 Å². The number of hydrogen-bond acceptors (Lipinski definition) is 4. The third kappa shape index (κ3) is 5.97. The second-order valence-corrected chi connectivity index (χ2v) is 9.27. The molecule has 35 heavy (non-hydrogen) atoms. The lowest BCUT2D eigenvalue weighted by Gasteiger charge is -2.28. The second-order valence-electron chi connectivity index (χ2n) is 9.27. The molecule has 1 amide bonds. The Kier molecular flexibility index (Phi) is 7.66. The van der Waals surface area contributed by atoms with E-state index in [1.54, 1.807) is 0 Å². The van der Waals surface area contributed by atoms with Crippen LogP contribution >= 0.6 is 0 Å². The fourth-order valence-electron chi connectivity index (χ4n) is 5.06. The largest absolute Gasteiger partial charge is 0.493 e. The van der Waals surface area contributed by atoms with Gasteiger partial charge in [-0.15, -0.1) is 0 Å². The van der Waals surface area contributed by atoms with E-state index in [0.29, 0.717) is 5.91 Å². The molecule has 0 radical (unpaired) electrons. The van der Waals surface area contributed by atoms with E-state index in [-0.39, 0.29) is 5.92 Å². The van der Waals surface area contributed by atoms with Gasteiger partial charge in [0, 0.05) is 42.2 Å². The van der Waals surface area contributed by atoms with E-state index >= 15 is 0 Å². The molecule has 1 saturated carbocycles. The van der Waals surface area contributed by atoms with Crippen LogP contribution in [-0.4, -0.2) is 58.0 Å². The van der Waals surface area contributed by atoms with Crippen LogP contribution in [0.3, 0.4) is 0 Å². The molecule has 0 atom stereocenters. The lowest BCUT2D eigenvalue weighted by atomic mass is 9.88. The first-order chi connectivity index (χ1) is 16.7. The summed E-state index contributed by atoms with van der Waals surface area (Å²) < 4.78 is 37.5. The van der Waals surface area contributed by atoms with E-state index in [1.165, 1.54) is 36.1 Å². The minimum atomic E-state index is -5.08. The number of benzene rings is 1. The molecule has 0 saturated heterocycles. The van der Waals surface area contributed by atoms with Gasteiger partial charge in [0.1, 0.15) is 5.75 Å². The van der Waals surface area contributed by atoms with Crippen molar-refractivity contribution >= 4 is 11.9 Å². The minimum Gasteiger partial charge on any atom is -0.493 e. The molecule has 1 aliphatic carbocycles. The molecular formula is C25H30F3N3O4.